The molecule has 1 saturated heterocycles. The number of rotatable bonds is 4. The van der Waals surface area contributed by atoms with E-state index in [4.69, 9.17) is 11.6 Å². The summed E-state index contributed by atoms with van der Waals surface area (Å²) in [5.41, 5.74) is 3.57. The minimum atomic E-state index is 0.336. The van der Waals surface area contributed by atoms with E-state index in [9.17, 15) is 0 Å². The average Bonchev–Trinajstić information content (AvgIpc) is 3.18. The first-order valence-electron chi connectivity index (χ1n) is 8.44. The Kier molecular flexibility index (Phi) is 4.78. The molecule has 2 heterocycles. The molecule has 1 aliphatic heterocycles. The molecule has 0 saturated carbocycles. The van der Waals surface area contributed by atoms with Crippen LogP contribution in [0, 0.1) is 0 Å². The van der Waals surface area contributed by atoms with E-state index in [1.54, 1.807) is 17.3 Å². The Hall–Kier alpha value is -2.21. The highest BCUT2D eigenvalue weighted by Crippen LogP contribution is 2.26. The largest absolute Gasteiger partial charge is 0.314 e. The second kappa shape index (κ2) is 7.35. The summed E-state index contributed by atoms with van der Waals surface area (Å²) in [6.45, 7) is 3.88. The van der Waals surface area contributed by atoms with E-state index in [-0.39, 0.29) is 0 Å². The molecular weight excluding hydrogens is 334 g/mol. The molecule has 6 heteroatoms. The predicted octanol–water partition coefficient (Wildman–Crippen LogP) is 3.07. The lowest BCUT2D eigenvalue weighted by atomic mass is 10.0. The van der Waals surface area contributed by atoms with Crippen molar-refractivity contribution in [1.29, 1.82) is 0 Å². The van der Waals surface area contributed by atoms with Gasteiger partial charge in [-0.05, 0) is 35.4 Å². The fourth-order valence-electron chi connectivity index (χ4n) is 3.31. The lowest BCUT2D eigenvalue weighted by Crippen LogP contribution is -2.45. The van der Waals surface area contributed by atoms with Gasteiger partial charge in [-0.25, -0.2) is 9.67 Å². The highest BCUT2D eigenvalue weighted by atomic mass is 35.5. The van der Waals surface area contributed by atoms with E-state index in [1.165, 1.54) is 11.1 Å². The van der Waals surface area contributed by atoms with Crippen LogP contribution in [0.3, 0.4) is 0 Å². The standard InChI is InChI=1S/C19H20ClN5/c20-17-3-1-2-16(10-17)19-11-21-8-9-24(19)12-15-4-6-18(7-5-15)25-14-22-13-23-25/h1-7,10,13-14,19,21H,8-9,11-12H2. The highest BCUT2D eigenvalue weighted by molar-refractivity contribution is 6.30. The van der Waals surface area contributed by atoms with Crippen LogP contribution in [0.15, 0.2) is 61.2 Å². The molecule has 0 spiro atoms. The van der Waals surface area contributed by atoms with E-state index in [0.29, 0.717) is 6.04 Å². The third-order valence-corrected chi connectivity index (χ3v) is 4.83. The van der Waals surface area contributed by atoms with Crippen LogP contribution in [0.1, 0.15) is 17.2 Å². The zero-order chi connectivity index (χ0) is 17.1. The molecule has 2 aromatic carbocycles. The van der Waals surface area contributed by atoms with Crippen LogP contribution in [-0.2, 0) is 6.54 Å². The molecular formula is C19H20ClN5. The van der Waals surface area contributed by atoms with Crippen molar-refractivity contribution in [2.24, 2.45) is 0 Å². The van der Waals surface area contributed by atoms with Gasteiger partial charge in [0.2, 0.25) is 0 Å². The number of aromatic nitrogens is 3. The zero-order valence-corrected chi connectivity index (χ0v) is 14.6. The monoisotopic (exact) mass is 353 g/mol. The van der Waals surface area contributed by atoms with E-state index in [1.807, 2.05) is 12.1 Å². The second-order valence-electron chi connectivity index (χ2n) is 6.25. The third kappa shape index (κ3) is 3.74. The predicted molar refractivity (Wildman–Crippen MR) is 98.8 cm³/mol. The first-order chi connectivity index (χ1) is 12.3. The summed E-state index contributed by atoms with van der Waals surface area (Å²) in [6.07, 6.45) is 3.25. The van der Waals surface area contributed by atoms with Gasteiger partial charge in [-0.2, -0.15) is 5.10 Å². The van der Waals surface area contributed by atoms with E-state index in [0.717, 1.165) is 36.9 Å². The Morgan fingerprint density at radius 2 is 2.04 bits per heavy atom. The van der Waals surface area contributed by atoms with Crippen LogP contribution in [0.4, 0.5) is 0 Å². The summed E-state index contributed by atoms with van der Waals surface area (Å²) in [5.74, 6) is 0. The fourth-order valence-corrected chi connectivity index (χ4v) is 3.51. The Balaban J connectivity index is 1.51. The molecule has 128 valence electrons. The smallest absolute Gasteiger partial charge is 0.138 e. The number of piperazine rings is 1. The Labute approximate surface area is 152 Å². The molecule has 5 nitrogen and oxygen atoms in total. The van der Waals surface area contributed by atoms with Gasteiger partial charge < -0.3 is 5.32 Å². The molecule has 25 heavy (non-hydrogen) atoms. The summed E-state index contributed by atoms with van der Waals surface area (Å²) >= 11 is 6.19. The first kappa shape index (κ1) is 16.3. The van der Waals surface area contributed by atoms with Gasteiger partial charge in [0.15, 0.2) is 0 Å². The van der Waals surface area contributed by atoms with E-state index < -0.39 is 0 Å². The molecule has 0 amide bonds. The normalized spacial score (nSPS) is 18.4. The van der Waals surface area contributed by atoms with Crippen LogP contribution >= 0.6 is 11.6 Å². The molecule has 0 radical (unpaired) electrons. The number of hydrogen-bond acceptors (Lipinski definition) is 4. The summed E-state index contributed by atoms with van der Waals surface area (Å²) in [7, 11) is 0. The quantitative estimate of drug-likeness (QED) is 0.783. The lowest BCUT2D eigenvalue weighted by Gasteiger charge is -2.36. The van der Waals surface area contributed by atoms with Crippen LogP contribution in [0.25, 0.3) is 5.69 Å². The van der Waals surface area contributed by atoms with Crippen molar-refractivity contribution in [2.75, 3.05) is 19.6 Å². The number of benzene rings is 2. The van der Waals surface area contributed by atoms with Crippen molar-refractivity contribution in [1.82, 2.24) is 25.0 Å². The molecule has 0 aliphatic carbocycles. The van der Waals surface area contributed by atoms with Crippen molar-refractivity contribution in [2.45, 2.75) is 12.6 Å². The lowest BCUT2D eigenvalue weighted by molar-refractivity contribution is 0.154. The SMILES string of the molecule is Clc1cccc(C2CNCCN2Cc2ccc(-n3cncn3)cc2)c1. The maximum atomic E-state index is 6.19. The Bertz CT molecular complexity index is 816. The maximum absolute atomic E-state index is 6.19. The minimum absolute atomic E-state index is 0.336. The van der Waals surface area contributed by atoms with E-state index in [2.05, 4.69) is 56.7 Å². The Morgan fingerprint density at radius 3 is 2.80 bits per heavy atom. The minimum Gasteiger partial charge on any atom is -0.314 e. The van der Waals surface area contributed by atoms with Gasteiger partial charge in [-0.15, -0.1) is 0 Å². The van der Waals surface area contributed by atoms with Crippen LogP contribution in [-0.4, -0.2) is 39.3 Å². The summed E-state index contributed by atoms with van der Waals surface area (Å²) in [6, 6.07) is 17.0. The van der Waals surface area contributed by atoms with Gasteiger partial charge in [-0.3, -0.25) is 4.90 Å². The first-order valence-corrected chi connectivity index (χ1v) is 8.81. The molecule has 0 bridgehead atoms. The van der Waals surface area contributed by atoms with E-state index >= 15 is 0 Å². The fraction of sp³-hybridized carbons (Fsp3) is 0.263. The average molecular weight is 354 g/mol. The van der Waals surface area contributed by atoms with Crippen molar-refractivity contribution in [3.8, 4) is 5.69 Å². The molecule has 3 aromatic rings. The van der Waals surface area contributed by atoms with Gasteiger partial charge in [0.05, 0.1) is 5.69 Å². The van der Waals surface area contributed by atoms with Crippen molar-refractivity contribution >= 4 is 11.6 Å². The number of halogens is 1. The number of nitrogens with one attached hydrogen (secondary N) is 1. The molecule has 1 aromatic heterocycles. The van der Waals surface area contributed by atoms with Crippen LogP contribution < -0.4 is 5.32 Å². The van der Waals surface area contributed by atoms with Crippen molar-refractivity contribution in [3.63, 3.8) is 0 Å². The summed E-state index contributed by atoms with van der Waals surface area (Å²) < 4.78 is 1.77. The summed E-state index contributed by atoms with van der Waals surface area (Å²) in [4.78, 5) is 6.50. The molecule has 1 aliphatic rings. The van der Waals surface area contributed by atoms with Gasteiger partial charge in [0, 0.05) is 37.2 Å². The zero-order valence-electron chi connectivity index (χ0n) is 13.8. The number of hydrogen-bond donors (Lipinski definition) is 1. The van der Waals surface area contributed by atoms with Gasteiger partial charge >= 0.3 is 0 Å². The van der Waals surface area contributed by atoms with Gasteiger partial charge in [0.25, 0.3) is 0 Å². The highest BCUT2D eigenvalue weighted by Gasteiger charge is 2.23. The van der Waals surface area contributed by atoms with Crippen LogP contribution in [0.2, 0.25) is 5.02 Å². The second-order valence-corrected chi connectivity index (χ2v) is 6.69. The summed E-state index contributed by atoms with van der Waals surface area (Å²) in [5, 5.41) is 8.45. The van der Waals surface area contributed by atoms with Gasteiger partial charge in [0.1, 0.15) is 12.7 Å². The Morgan fingerprint density at radius 1 is 1.16 bits per heavy atom. The molecule has 1 fully saturated rings. The third-order valence-electron chi connectivity index (χ3n) is 4.59. The van der Waals surface area contributed by atoms with Gasteiger partial charge in [-0.1, -0.05) is 35.9 Å². The number of nitrogens with zero attached hydrogens (tertiary/aromatic N) is 4. The van der Waals surface area contributed by atoms with Crippen molar-refractivity contribution in [3.05, 3.63) is 77.3 Å². The molecule has 1 unspecified atom stereocenters. The maximum Gasteiger partial charge on any atom is 0.138 e. The molecule has 4 rings (SSSR count). The topological polar surface area (TPSA) is 46.0 Å². The molecule has 1 atom stereocenters. The molecule has 1 N–H and O–H groups in total. The van der Waals surface area contributed by atoms with Crippen molar-refractivity contribution < 1.29 is 0 Å². The van der Waals surface area contributed by atoms with Crippen LogP contribution in [0.5, 0.6) is 0 Å².